The van der Waals surface area contributed by atoms with Gasteiger partial charge in [0.2, 0.25) is 5.91 Å². The maximum Gasteiger partial charge on any atom is 0.246 e. The Balaban J connectivity index is 2.06. The molecule has 0 aliphatic carbocycles. The molecule has 1 heterocycles. The number of rotatable bonds is 5. The van der Waals surface area contributed by atoms with Gasteiger partial charge >= 0.3 is 0 Å². The predicted molar refractivity (Wildman–Crippen MR) is 116 cm³/mol. The molecule has 1 saturated heterocycles. The van der Waals surface area contributed by atoms with Crippen LogP contribution in [0.25, 0.3) is 12.2 Å². The van der Waals surface area contributed by atoms with Gasteiger partial charge in [0.1, 0.15) is 11.4 Å². The first kappa shape index (κ1) is 22.5. The third-order valence-electron chi connectivity index (χ3n) is 4.90. The molecule has 2 aromatic rings. The number of likely N-dealkylation sites (tertiary alicyclic amines) is 1. The van der Waals surface area contributed by atoms with Crippen LogP contribution in [0.2, 0.25) is 0 Å². The van der Waals surface area contributed by atoms with Gasteiger partial charge in [-0.25, -0.2) is 8.78 Å². The van der Waals surface area contributed by atoms with Crippen molar-refractivity contribution in [1.82, 2.24) is 4.90 Å². The summed E-state index contributed by atoms with van der Waals surface area (Å²) in [5.41, 5.74) is 0.473. The van der Waals surface area contributed by atoms with E-state index in [1.807, 2.05) is 0 Å². The zero-order valence-corrected chi connectivity index (χ0v) is 16.8. The molecule has 0 N–H and O–H groups in total. The van der Waals surface area contributed by atoms with E-state index in [-0.39, 0.29) is 42.5 Å². The average molecular weight is 437 g/mol. The minimum Gasteiger partial charge on any atom is -0.334 e. The van der Waals surface area contributed by atoms with Crippen LogP contribution < -0.4 is 0 Å². The van der Waals surface area contributed by atoms with Crippen LogP contribution in [0.5, 0.6) is 0 Å². The monoisotopic (exact) mass is 437 g/mol. The van der Waals surface area contributed by atoms with Gasteiger partial charge < -0.3 is 4.90 Å². The largest absolute Gasteiger partial charge is 0.334 e. The number of halogens is 2. The summed E-state index contributed by atoms with van der Waals surface area (Å²) in [6.45, 7) is 3.64. The number of carbonyl (C=O) groups is 2. The normalized spacial score (nSPS) is 16.7. The fraction of sp³-hybridized carbons (Fsp3) is 0.130. The van der Waals surface area contributed by atoms with Crippen LogP contribution in [0, 0.1) is 21.4 Å². The fourth-order valence-corrected chi connectivity index (χ4v) is 3.28. The minimum atomic E-state index is -0.797. The molecule has 2 aromatic carbocycles. The second-order valence-corrected chi connectivity index (χ2v) is 6.99. The molecule has 0 radical (unpaired) electrons. The summed E-state index contributed by atoms with van der Waals surface area (Å²) in [5, 5.41) is 5.24. The lowest BCUT2D eigenvalue weighted by Crippen LogP contribution is -2.31. The summed E-state index contributed by atoms with van der Waals surface area (Å²) in [6.07, 6.45) is 4.27. The van der Waals surface area contributed by atoms with Crippen LogP contribution in [0.4, 0.5) is 20.2 Å². The fourth-order valence-electron chi connectivity index (χ4n) is 3.28. The Morgan fingerprint density at radius 3 is 1.97 bits per heavy atom. The van der Waals surface area contributed by atoms with Gasteiger partial charge in [-0.3, -0.25) is 9.59 Å². The summed E-state index contributed by atoms with van der Waals surface area (Å²) in [4.78, 5) is 48.4. The smallest absolute Gasteiger partial charge is 0.246 e. The van der Waals surface area contributed by atoms with Crippen molar-refractivity contribution in [1.29, 1.82) is 0 Å². The number of benzene rings is 2. The van der Waals surface area contributed by atoms with Gasteiger partial charge in [-0.2, -0.15) is 0 Å². The number of hydrogen-bond acceptors (Lipinski definition) is 6. The predicted octanol–water partition coefficient (Wildman–Crippen LogP) is 5.22. The highest BCUT2D eigenvalue weighted by molar-refractivity contribution is 6.14. The number of amides is 1. The van der Waals surface area contributed by atoms with Gasteiger partial charge in [0.15, 0.2) is 17.4 Å². The van der Waals surface area contributed by atoms with Crippen molar-refractivity contribution in [2.45, 2.75) is 6.42 Å². The van der Waals surface area contributed by atoms with Crippen molar-refractivity contribution >= 4 is 35.2 Å². The molecule has 32 heavy (non-hydrogen) atoms. The van der Waals surface area contributed by atoms with Gasteiger partial charge in [-0.15, -0.1) is 9.81 Å². The first-order chi connectivity index (χ1) is 15.4. The van der Waals surface area contributed by atoms with E-state index >= 15 is 0 Å². The van der Waals surface area contributed by atoms with Gasteiger partial charge in [0.05, 0.1) is 0 Å². The lowest BCUT2D eigenvalue weighted by atomic mass is 9.98. The Bertz CT molecular complexity index is 1190. The van der Waals surface area contributed by atoms with Crippen LogP contribution in [-0.4, -0.2) is 29.7 Å². The summed E-state index contributed by atoms with van der Waals surface area (Å²) in [7, 11) is 0. The molecule has 3 rings (SSSR count). The number of hydrogen-bond donors (Lipinski definition) is 0. The molecular weight excluding hydrogens is 420 g/mol. The van der Waals surface area contributed by atoms with E-state index < -0.39 is 17.3 Å². The molecule has 1 aliphatic heterocycles. The van der Waals surface area contributed by atoms with Crippen LogP contribution in [0.3, 0.4) is 0 Å². The van der Waals surface area contributed by atoms with Gasteiger partial charge in [-0.1, -0.05) is 18.7 Å². The second-order valence-electron chi connectivity index (χ2n) is 6.99. The van der Waals surface area contributed by atoms with Gasteiger partial charge in [0, 0.05) is 24.2 Å². The molecule has 0 unspecified atom stereocenters. The summed E-state index contributed by atoms with van der Waals surface area (Å²) >= 11 is 0. The number of Topliss-reactive ketones (excluding diaryl/α,β-unsaturated/α-hetero) is 1. The molecule has 0 spiro atoms. The molecular formula is C23H17F2N3O4. The molecule has 0 bridgehead atoms. The van der Waals surface area contributed by atoms with E-state index in [9.17, 15) is 28.2 Å². The van der Waals surface area contributed by atoms with E-state index in [2.05, 4.69) is 16.9 Å². The minimum absolute atomic E-state index is 0.0349. The summed E-state index contributed by atoms with van der Waals surface area (Å²) in [5.74, 6) is -2.35. The quantitative estimate of drug-likeness (QED) is 0.473. The molecule has 0 saturated carbocycles. The highest BCUT2D eigenvalue weighted by Crippen LogP contribution is 2.26. The Morgan fingerprint density at radius 2 is 1.47 bits per heavy atom. The molecule has 9 heteroatoms. The number of nitrogens with zero attached hydrogens (tertiary/aromatic N) is 3. The summed E-state index contributed by atoms with van der Waals surface area (Å²) < 4.78 is 27.2. The van der Waals surface area contributed by atoms with Gasteiger partial charge in [0.25, 0.3) is 0 Å². The van der Waals surface area contributed by atoms with Crippen molar-refractivity contribution in [2.24, 2.45) is 10.4 Å². The Morgan fingerprint density at radius 1 is 0.938 bits per heavy atom. The van der Waals surface area contributed by atoms with Crippen molar-refractivity contribution < 1.29 is 18.4 Å². The lowest BCUT2D eigenvalue weighted by Gasteiger charge is -2.18. The third kappa shape index (κ3) is 4.94. The van der Waals surface area contributed by atoms with E-state index in [0.717, 1.165) is 18.2 Å². The second kappa shape index (κ2) is 9.78. The number of carbonyl (C=O) groups excluding carboxylic acids is 2. The highest BCUT2D eigenvalue weighted by Gasteiger charge is 2.25. The van der Waals surface area contributed by atoms with Crippen LogP contribution in [0.15, 0.2) is 70.6 Å². The van der Waals surface area contributed by atoms with Crippen LogP contribution in [-0.2, 0) is 9.59 Å². The zero-order valence-electron chi connectivity index (χ0n) is 16.8. The molecule has 162 valence electrons. The van der Waals surface area contributed by atoms with E-state index in [0.29, 0.717) is 16.7 Å². The molecule has 0 aromatic heterocycles. The van der Waals surface area contributed by atoms with Crippen molar-refractivity contribution in [3.63, 3.8) is 0 Å². The number of ketones is 1. The maximum atomic E-state index is 13.6. The molecule has 1 amide bonds. The van der Waals surface area contributed by atoms with Crippen LogP contribution in [0.1, 0.15) is 17.5 Å². The van der Waals surface area contributed by atoms with Crippen molar-refractivity contribution in [3.05, 3.63) is 92.8 Å². The standard InChI is InChI=1S/C23H17F2N3O4/c1-2-22(29)28-8-7-16(9-14-3-5-18(24)20(11-14)26-31)23(30)17(13-28)10-15-4-6-19(25)21(12-15)27-32/h2-6,9-12H,1,7-8,13H2/b16-9-,17-10-. The Kier molecular flexibility index (Phi) is 6.89. The van der Waals surface area contributed by atoms with E-state index in [1.54, 1.807) is 0 Å². The molecule has 1 fully saturated rings. The average Bonchev–Trinajstić information content (AvgIpc) is 2.95. The molecule has 7 nitrogen and oxygen atoms in total. The topological polar surface area (TPSA) is 96.2 Å². The van der Waals surface area contributed by atoms with E-state index in [4.69, 9.17) is 0 Å². The summed E-state index contributed by atoms with van der Waals surface area (Å²) in [6, 6.07) is 7.30. The Labute approximate surface area is 181 Å². The number of nitroso groups, excluding NO2 is 2. The molecule has 0 atom stereocenters. The Hall–Kier alpha value is -4.14. The SMILES string of the molecule is C=CC(=O)N1CC/C(=C/c2ccc(F)c(N=O)c2)C(=O)/C(=C\c2ccc(F)c(N=O)c2)C1. The first-order valence-corrected chi connectivity index (χ1v) is 9.49. The van der Waals surface area contributed by atoms with Crippen LogP contribution >= 0.6 is 0 Å². The maximum absolute atomic E-state index is 13.6. The van der Waals surface area contributed by atoms with E-state index in [1.165, 1.54) is 41.3 Å². The van der Waals surface area contributed by atoms with Crippen molar-refractivity contribution in [2.75, 3.05) is 13.1 Å². The van der Waals surface area contributed by atoms with Crippen molar-refractivity contribution in [3.8, 4) is 0 Å². The first-order valence-electron chi connectivity index (χ1n) is 9.49. The molecule has 1 aliphatic rings. The lowest BCUT2D eigenvalue weighted by molar-refractivity contribution is -0.125. The highest BCUT2D eigenvalue weighted by atomic mass is 19.1. The zero-order chi connectivity index (χ0) is 23.3. The third-order valence-corrected chi connectivity index (χ3v) is 4.90. The van der Waals surface area contributed by atoms with Gasteiger partial charge in [-0.05, 0) is 70.4 Å².